The van der Waals surface area contributed by atoms with E-state index in [0.29, 0.717) is 18.6 Å². The van der Waals surface area contributed by atoms with Gasteiger partial charge < -0.3 is 4.74 Å². The molecule has 33 heavy (non-hydrogen) atoms. The summed E-state index contributed by atoms with van der Waals surface area (Å²) in [5, 5.41) is 0. The Balaban J connectivity index is 1.43. The molecule has 0 spiro atoms. The molecule has 0 radical (unpaired) electrons. The number of carbonyl (C=O) groups is 1. The fourth-order valence-electron chi connectivity index (χ4n) is 3.72. The zero-order chi connectivity index (χ0) is 23.1. The number of amides is 1. The SMILES string of the molecule is O=C(NOC1CCCCO1)C1C=CC=CC(S(=O)(=O)Cc2ccc(-c3ccccc3)cc2)=C1. The molecule has 1 heterocycles. The highest BCUT2D eigenvalue weighted by Crippen LogP contribution is 2.24. The Morgan fingerprint density at radius 2 is 1.76 bits per heavy atom. The molecule has 1 fully saturated rings. The van der Waals surface area contributed by atoms with Crippen LogP contribution >= 0.6 is 0 Å². The predicted octanol–water partition coefficient (Wildman–Crippen LogP) is 4.47. The van der Waals surface area contributed by atoms with Crippen molar-refractivity contribution in [2.24, 2.45) is 5.92 Å². The fourth-order valence-corrected chi connectivity index (χ4v) is 5.15. The Morgan fingerprint density at radius 3 is 2.48 bits per heavy atom. The molecule has 2 aliphatic rings. The maximum Gasteiger partial charge on any atom is 0.254 e. The molecule has 2 atom stereocenters. The summed E-state index contributed by atoms with van der Waals surface area (Å²) in [7, 11) is -3.65. The topological polar surface area (TPSA) is 81.7 Å². The van der Waals surface area contributed by atoms with E-state index in [4.69, 9.17) is 9.57 Å². The van der Waals surface area contributed by atoms with E-state index in [1.165, 1.54) is 12.2 Å². The molecule has 4 rings (SSSR count). The number of sulfone groups is 1. The first kappa shape index (κ1) is 23.2. The average Bonchev–Trinajstić information content (AvgIpc) is 3.11. The van der Waals surface area contributed by atoms with Gasteiger partial charge in [-0.2, -0.15) is 0 Å². The van der Waals surface area contributed by atoms with Gasteiger partial charge in [0.2, 0.25) is 0 Å². The van der Waals surface area contributed by atoms with Crippen LogP contribution in [0.15, 0.2) is 89.9 Å². The Morgan fingerprint density at radius 1 is 1.00 bits per heavy atom. The van der Waals surface area contributed by atoms with E-state index < -0.39 is 28.0 Å². The van der Waals surface area contributed by atoms with Gasteiger partial charge in [0.1, 0.15) is 0 Å². The highest BCUT2D eigenvalue weighted by atomic mass is 32.2. The lowest BCUT2D eigenvalue weighted by Crippen LogP contribution is -2.35. The molecule has 1 saturated heterocycles. The molecule has 0 bridgehead atoms. The number of hydroxylamine groups is 1. The van der Waals surface area contributed by atoms with Gasteiger partial charge in [0.05, 0.1) is 16.6 Å². The summed E-state index contributed by atoms with van der Waals surface area (Å²) in [4.78, 5) is 18.0. The van der Waals surface area contributed by atoms with Crippen LogP contribution in [-0.4, -0.2) is 27.2 Å². The summed E-state index contributed by atoms with van der Waals surface area (Å²) < 4.78 is 31.7. The lowest BCUT2D eigenvalue weighted by atomic mass is 10.0. The third-order valence-corrected chi connectivity index (χ3v) is 7.25. The van der Waals surface area contributed by atoms with Crippen molar-refractivity contribution in [3.05, 3.63) is 95.4 Å². The number of hydrogen-bond acceptors (Lipinski definition) is 5. The molecule has 0 saturated carbocycles. The number of rotatable bonds is 7. The van der Waals surface area contributed by atoms with Crippen LogP contribution in [0.3, 0.4) is 0 Å². The molecule has 7 heteroatoms. The second-order valence-electron chi connectivity index (χ2n) is 8.04. The second-order valence-corrected chi connectivity index (χ2v) is 10.0. The third kappa shape index (κ3) is 6.28. The zero-order valence-corrected chi connectivity index (χ0v) is 19.0. The van der Waals surface area contributed by atoms with Crippen LogP contribution in [-0.2, 0) is 30.0 Å². The van der Waals surface area contributed by atoms with E-state index in [1.807, 2.05) is 54.6 Å². The van der Waals surface area contributed by atoms with Crippen LogP contribution < -0.4 is 5.48 Å². The molecule has 2 unspecified atom stereocenters. The highest BCUT2D eigenvalue weighted by Gasteiger charge is 2.23. The lowest BCUT2D eigenvalue weighted by molar-refractivity contribution is -0.201. The first-order valence-corrected chi connectivity index (χ1v) is 12.7. The summed E-state index contributed by atoms with van der Waals surface area (Å²) in [6.45, 7) is 0.600. The first-order chi connectivity index (χ1) is 16.0. The van der Waals surface area contributed by atoms with E-state index in [0.717, 1.165) is 24.0 Å². The fraction of sp³-hybridized carbons (Fsp3) is 0.269. The minimum Gasteiger partial charge on any atom is -0.350 e. The van der Waals surface area contributed by atoms with Crippen LogP contribution in [0.5, 0.6) is 0 Å². The van der Waals surface area contributed by atoms with Gasteiger partial charge >= 0.3 is 0 Å². The molecule has 2 aromatic rings. The number of hydrogen-bond donors (Lipinski definition) is 1. The molecular weight excluding hydrogens is 438 g/mol. The number of nitrogens with one attached hydrogen (secondary N) is 1. The van der Waals surface area contributed by atoms with Crippen LogP contribution in [0.1, 0.15) is 24.8 Å². The molecule has 1 N–H and O–H groups in total. The van der Waals surface area contributed by atoms with Crippen molar-refractivity contribution in [1.82, 2.24) is 5.48 Å². The van der Waals surface area contributed by atoms with Crippen molar-refractivity contribution < 1.29 is 22.8 Å². The normalized spacial score (nSPS) is 20.7. The largest absolute Gasteiger partial charge is 0.350 e. The van der Waals surface area contributed by atoms with Crippen molar-refractivity contribution >= 4 is 15.7 Å². The van der Waals surface area contributed by atoms with Gasteiger partial charge in [0.25, 0.3) is 5.91 Å². The standard InChI is InChI=1S/C26H27NO5S/c28-26(27-32-25-12-6-7-17-31-25)23-10-4-5-11-24(18-23)33(29,30)19-20-13-15-22(16-14-20)21-8-2-1-3-9-21/h1-5,8-11,13-16,18,23,25H,6-7,12,17,19H2,(H,27,28). The van der Waals surface area contributed by atoms with Crippen molar-refractivity contribution in [3.63, 3.8) is 0 Å². The van der Waals surface area contributed by atoms with E-state index in [2.05, 4.69) is 5.48 Å². The van der Waals surface area contributed by atoms with Crippen LogP contribution in [0.4, 0.5) is 0 Å². The quantitative estimate of drug-likeness (QED) is 0.610. The second kappa shape index (κ2) is 10.7. The number of carbonyl (C=O) groups excluding carboxylic acids is 1. The highest BCUT2D eigenvalue weighted by molar-refractivity contribution is 7.94. The summed E-state index contributed by atoms with van der Waals surface area (Å²) in [6.07, 6.45) is 10.1. The number of allylic oxidation sites excluding steroid dienone is 3. The van der Waals surface area contributed by atoms with Crippen molar-refractivity contribution in [2.45, 2.75) is 31.3 Å². The molecule has 172 valence electrons. The number of benzene rings is 2. The summed E-state index contributed by atoms with van der Waals surface area (Å²) in [5.74, 6) is -1.36. The molecule has 1 amide bonds. The Hall–Kier alpha value is -3.00. The molecule has 6 nitrogen and oxygen atoms in total. The minimum atomic E-state index is -3.65. The summed E-state index contributed by atoms with van der Waals surface area (Å²) in [6, 6.07) is 17.4. The molecular formula is C26H27NO5S. The average molecular weight is 466 g/mol. The minimum absolute atomic E-state index is 0.105. The number of ether oxygens (including phenoxy) is 1. The smallest absolute Gasteiger partial charge is 0.254 e. The van der Waals surface area contributed by atoms with Gasteiger partial charge in [-0.25, -0.2) is 18.7 Å². The third-order valence-electron chi connectivity index (χ3n) is 5.54. The van der Waals surface area contributed by atoms with Gasteiger partial charge in [-0.1, -0.05) is 72.8 Å². The van der Waals surface area contributed by atoms with Crippen molar-refractivity contribution in [2.75, 3.05) is 6.61 Å². The van der Waals surface area contributed by atoms with Gasteiger partial charge in [-0.15, -0.1) is 0 Å². The van der Waals surface area contributed by atoms with E-state index in [9.17, 15) is 13.2 Å². The van der Waals surface area contributed by atoms with E-state index in [1.54, 1.807) is 18.2 Å². The molecule has 1 aliphatic carbocycles. The summed E-state index contributed by atoms with van der Waals surface area (Å²) >= 11 is 0. The maximum atomic E-state index is 13.1. The van der Waals surface area contributed by atoms with Crippen LogP contribution in [0.2, 0.25) is 0 Å². The molecule has 0 aromatic heterocycles. The Labute approximate surface area is 194 Å². The van der Waals surface area contributed by atoms with Gasteiger partial charge in [-0.05, 0) is 41.7 Å². The first-order valence-electron chi connectivity index (χ1n) is 11.0. The zero-order valence-electron chi connectivity index (χ0n) is 18.2. The van der Waals surface area contributed by atoms with Crippen molar-refractivity contribution in [3.8, 4) is 11.1 Å². The predicted molar refractivity (Wildman–Crippen MR) is 127 cm³/mol. The maximum absolute atomic E-state index is 13.1. The van der Waals surface area contributed by atoms with Crippen LogP contribution in [0.25, 0.3) is 11.1 Å². The van der Waals surface area contributed by atoms with Crippen molar-refractivity contribution in [1.29, 1.82) is 0 Å². The molecule has 2 aromatic carbocycles. The van der Waals surface area contributed by atoms with Gasteiger partial charge in [-0.3, -0.25) is 4.79 Å². The van der Waals surface area contributed by atoms with Crippen LogP contribution in [0, 0.1) is 5.92 Å². The Kier molecular flexibility index (Phi) is 7.54. The Bertz CT molecular complexity index is 1140. The monoisotopic (exact) mass is 465 g/mol. The molecule has 1 aliphatic heterocycles. The van der Waals surface area contributed by atoms with E-state index >= 15 is 0 Å². The van der Waals surface area contributed by atoms with Gasteiger partial charge in [0.15, 0.2) is 16.1 Å². The van der Waals surface area contributed by atoms with E-state index in [-0.39, 0.29) is 10.7 Å². The lowest BCUT2D eigenvalue weighted by Gasteiger charge is -2.22. The van der Waals surface area contributed by atoms with Gasteiger partial charge in [0, 0.05) is 13.0 Å². The summed E-state index contributed by atoms with van der Waals surface area (Å²) in [5.41, 5.74) is 5.18.